The Labute approximate surface area is 516 Å². The van der Waals surface area contributed by atoms with E-state index in [0.29, 0.717) is 17.4 Å². The molecular weight excluding hydrogens is 1030 g/mol. The van der Waals surface area contributed by atoms with Gasteiger partial charge in [0, 0.05) is 12.8 Å². The third kappa shape index (κ3) is 67.1. The van der Waals surface area contributed by atoms with Crippen molar-refractivity contribution in [3.8, 4) is 0 Å². The molecule has 2 unspecified atom stereocenters. The van der Waals surface area contributed by atoms with Crippen LogP contribution in [0.1, 0.15) is 373 Å². The fraction of sp³-hybridized carbons (Fsp3) is 0.905. The Bertz CT molecular complexity index is 1410. The second-order valence-corrected chi connectivity index (χ2v) is 26.3. The lowest BCUT2D eigenvalue weighted by molar-refractivity contribution is -0.870. The topological polar surface area (TPSA) is 108 Å². The zero-order valence-electron chi connectivity index (χ0n) is 56.1. The number of nitrogens with zero attached hydrogens (tertiary/aromatic N) is 1. The maximum Gasteiger partial charge on any atom is 0.361 e. The summed E-state index contributed by atoms with van der Waals surface area (Å²) in [5.41, 5.74) is 0. The van der Waals surface area contributed by atoms with Gasteiger partial charge in [-0.3, -0.25) is 9.59 Å². The predicted octanol–water partition coefficient (Wildman–Crippen LogP) is 22.6. The molecule has 0 saturated carbocycles. The molecule has 0 fully saturated rings. The predicted molar refractivity (Wildman–Crippen MR) is 355 cm³/mol. The van der Waals surface area contributed by atoms with E-state index in [2.05, 4.69) is 38.2 Å². The van der Waals surface area contributed by atoms with E-state index in [1.54, 1.807) is 0 Å². The molecular formula is C74H142NO8+. The van der Waals surface area contributed by atoms with Crippen LogP contribution >= 0.6 is 0 Å². The number of unbranched alkanes of at least 4 members (excludes halogenated alkanes) is 50. The van der Waals surface area contributed by atoms with E-state index < -0.39 is 18.4 Å². The minimum Gasteiger partial charge on any atom is -0.477 e. The number of hydrogen-bond donors (Lipinski definition) is 1. The van der Waals surface area contributed by atoms with Crippen LogP contribution in [0.15, 0.2) is 24.3 Å². The van der Waals surface area contributed by atoms with Crippen LogP contribution < -0.4 is 0 Å². The number of carbonyl (C=O) groups is 3. The number of carboxylic acid groups (broad SMARTS) is 1. The number of ether oxygens (including phenoxy) is 4. The molecule has 1 N–H and O–H groups in total. The summed E-state index contributed by atoms with van der Waals surface area (Å²) in [7, 11) is 5.99. The lowest BCUT2D eigenvalue weighted by atomic mass is 10.0. The summed E-state index contributed by atoms with van der Waals surface area (Å²) < 4.78 is 23.0. The molecule has 0 aliphatic rings. The quantitative estimate of drug-likeness (QED) is 0.0211. The Hall–Kier alpha value is -2.23. The number of quaternary nitrogens is 1. The molecule has 0 rings (SSSR count). The molecule has 0 heterocycles. The summed E-state index contributed by atoms with van der Waals surface area (Å²) in [6.07, 6.45) is 78.8. The van der Waals surface area contributed by atoms with Crippen LogP contribution in [0.3, 0.4) is 0 Å². The van der Waals surface area contributed by atoms with Crippen molar-refractivity contribution in [1.29, 1.82) is 0 Å². The summed E-state index contributed by atoms with van der Waals surface area (Å²) >= 11 is 0. The van der Waals surface area contributed by atoms with Gasteiger partial charge in [-0.1, -0.05) is 340 Å². The summed E-state index contributed by atoms with van der Waals surface area (Å²) in [4.78, 5) is 37.6. The molecule has 2 atom stereocenters. The molecule has 0 aromatic rings. The molecule has 0 saturated heterocycles. The zero-order valence-corrected chi connectivity index (χ0v) is 56.1. The van der Waals surface area contributed by atoms with Crippen LogP contribution in [-0.2, 0) is 33.3 Å². The molecule has 0 aliphatic carbocycles. The molecule has 0 aliphatic heterocycles. The van der Waals surface area contributed by atoms with E-state index >= 15 is 0 Å². The van der Waals surface area contributed by atoms with Crippen molar-refractivity contribution in [3.05, 3.63) is 24.3 Å². The first-order valence-corrected chi connectivity index (χ1v) is 36.5. The highest BCUT2D eigenvalue weighted by Crippen LogP contribution is 2.19. The lowest BCUT2D eigenvalue weighted by Crippen LogP contribution is -2.40. The van der Waals surface area contributed by atoms with Crippen LogP contribution in [0.4, 0.5) is 0 Å². The number of carboxylic acids is 1. The zero-order chi connectivity index (χ0) is 60.5. The molecule has 0 radical (unpaired) electrons. The Balaban J connectivity index is 4.00. The fourth-order valence-corrected chi connectivity index (χ4v) is 11.1. The highest BCUT2D eigenvalue weighted by atomic mass is 16.7. The molecule has 83 heavy (non-hydrogen) atoms. The van der Waals surface area contributed by atoms with Gasteiger partial charge in [0.05, 0.1) is 34.4 Å². The average molecular weight is 1170 g/mol. The molecule has 0 aromatic carbocycles. The van der Waals surface area contributed by atoms with Gasteiger partial charge in [-0.05, 0) is 44.9 Å². The van der Waals surface area contributed by atoms with Gasteiger partial charge in [0.25, 0.3) is 6.29 Å². The third-order valence-electron chi connectivity index (χ3n) is 16.7. The van der Waals surface area contributed by atoms with Crippen molar-refractivity contribution >= 4 is 17.9 Å². The smallest absolute Gasteiger partial charge is 0.361 e. The normalized spacial score (nSPS) is 12.7. The molecule has 0 amide bonds. The summed E-state index contributed by atoms with van der Waals surface area (Å²) in [6.45, 7) is 4.95. The minimum atomic E-state index is -1.51. The highest BCUT2D eigenvalue weighted by molar-refractivity contribution is 5.71. The average Bonchev–Trinajstić information content (AvgIpc) is 3.46. The molecule has 9 heteroatoms. The molecule has 9 nitrogen and oxygen atoms in total. The summed E-state index contributed by atoms with van der Waals surface area (Å²) in [5, 5.41) is 9.75. The van der Waals surface area contributed by atoms with Gasteiger partial charge < -0.3 is 28.5 Å². The van der Waals surface area contributed by atoms with Crippen LogP contribution in [0.25, 0.3) is 0 Å². The van der Waals surface area contributed by atoms with Crippen molar-refractivity contribution in [3.63, 3.8) is 0 Å². The number of carbonyl (C=O) groups excluding carboxylic acids is 2. The van der Waals surface area contributed by atoms with Crippen LogP contribution in [0, 0.1) is 0 Å². The Morgan fingerprint density at radius 3 is 0.952 bits per heavy atom. The summed E-state index contributed by atoms with van der Waals surface area (Å²) in [6, 6.07) is 0. The Morgan fingerprint density at radius 1 is 0.361 bits per heavy atom. The summed E-state index contributed by atoms with van der Waals surface area (Å²) in [5.74, 6) is -1.97. The van der Waals surface area contributed by atoms with Crippen molar-refractivity contribution in [2.45, 2.75) is 386 Å². The van der Waals surface area contributed by atoms with Gasteiger partial charge in [-0.15, -0.1) is 0 Å². The fourth-order valence-electron chi connectivity index (χ4n) is 11.1. The maximum absolute atomic E-state index is 13.0. The van der Waals surface area contributed by atoms with Crippen molar-refractivity contribution in [1.82, 2.24) is 0 Å². The second kappa shape index (κ2) is 65.7. The van der Waals surface area contributed by atoms with Crippen LogP contribution in [0.5, 0.6) is 0 Å². The molecule has 0 bridgehead atoms. The molecule has 490 valence electrons. The van der Waals surface area contributed by atoms with Crippen molar-refractivity contribution in [2.75, 3.05) is 47.5 Å². The monoisotopic (exact) mass is 1170 g/mol. The van der Waals surface area contributed by atoms with E-state index in [1.165, 1.54) is 302 Å². The number of likely N-dealkylation sites (N-methyl/N-ethyl adjacent to an activating group) is 1. The number of allylic oxidation sites excluding steroid dienone is 4. The molecule has 0 aromatic heterocycles. The van der Waals surface area contributed by atoms with Gasteiger partial charge in [-0.2, -0.15) is 0 Å². The Morgan fingerprint density at radius 2 is 0.651 bits per heavy atom. The van der Waals surface area contributed by atoms with Gasteiger partial charge in [-0.25, -0.2) is 4.79 Å². The van der Waals surface area contributed by atoms with E-state index in [-0.39, 0.29) is 38.2 Å². The van der Waals surface area contributed by atoms with E-state index in [0.717, 1.165) is 44.9 Å². The Kier molecular flexibility index (Phi) is 64.0. The number of esters is 2. The first kappa shape index (κ1) is 80.8. The van der Waals surface area contributed by atoms with Crippen molar-refractivity contribution < 1.29 is 42.9 Å². The van der Waals surface area contributed by atoms with E-state index in [9.17, 15) is 19.5 Å². The first-order chi connectivity index (χ1) is 40.6. The van der Waals surface area contributed by atoms with Gasteiger partial charge in [0.1, 0.15) is 13.2 Å². The van der Waals surface area contributed by atoms with E-state index in [4.69, 9.17) is 18.9 Å². The van der Waals surface area contributed by atoms with Gasteiger partial charge >= 0.3 is 17.9 Å². The SMILES string of the molecule is CCCCCCC/C=C\C/C=C\CCCCCCCCCCCCCCCCCCCCCCCCCC(=O)OC(COC(=O)CCCCCCCCCCCCCCCCCCCCCCCCC)COC(OCC[N+](C)(C)C)C(=O)O. The number of rotatable bonds is 69. The van der Waals surface area contributed by atoms with Gasteiger partial charge in [0.2, 0.25) is 0 Å². The largest absolute Gasteiger partial charge is 0.477 e. The standard InChI is InChI=1S/C74H141NO8/c1-6-8-10-12-14-16-18-20-22-24-26-28-30-31-32-33-34-35-36-37-38-39-40-41-43-45-47-49-51-53-55-57-59-61-63-65-72(77)83-70(69-82-74(73(78)79)80-67-66-75(3,4)5)68-81-71(76)64-62-60-58-56-54-52-50-48-46-44-42-29-27-25-23-21-19-17-15-13-11-9-7-2/h18,20,24,26,70,74H,6-17,19,21-23,25,27-69H2,1-5H3/p+1/b20-18-,26-24-. The molecule has 0 spiro atoms. The second-order valence-electron chi connectivity index (χ2n) is 26.3. The van der Waals surface area contributed by atoms with Crippen LogP contribution in [0.2, 0.25) is 0 Å². The highest BCUT2D eigenvalue weighted by Gasteiger charge is 2.25. The van der Waals surface area contributed by atoms with Crippen molar-refractivity contribution in [2.24, 2.45) is 0 Å². The van der Waals surface area contributed by atoms with Gasteiger partial charge in [0.15, 0.2) is 6.10 Å². The van der Waals surface area contributed by atoms with E-state index in [1.807, 2.05) is 21.1 Å². The maximum atomic E-state index is 13.0. The number of hydrogen-bond acceptors (Lipinski definition) is 7. The van der Waals surface area contributed by atoms with Crippen LogP contribution in [-0.4, -0.2) is 87.4 Å². The first-order valence-electron chi connectivity index (χ1n) is 36.5. The number of aliphatic carboxylic acids is 1. The minimum absolute atomic E-state index is 0.174. The lowest BCUT2D eigenvalue weighted by Gasteiger charge is -2.25. The third-order valence-corrected chi connectivity index (χ3v) is 16.7.